The molecule has 1 heteroatoms. The van der Waals surface area contributed by atoms with E-state index < -0.39 is 0 Å². The molecule has 0 radical (unpaired) electrons. The molecule has 0 bridgehead atoms. The average molecular weight is 191 g/mol. The average Bonchev–Trinajstić information content (AvgIpc) is 2.18. The minimum absolute atomic E-state index is 0.665. The summed E-state index contributed by atoms with van der Waals surface area (Å²) < 4.78 is 0. The maximum atomic E-state index is 3.26. The highest BCUT2D eigenvalue weighted by molar-refractivity contribution is 5.31. The van der Waals surface area contributed by atoms with Crippen molar-refractivity contribution in [1.29, 1.82) is 0 Å². The largest absolute Gasteiger partial charge is 0.316 e. The van der Waals surface area contributed by atoms with Crippen LogP contribution >= 0.6 is 0 Å². The molecule has 0 aromatic carbocycles. The lowest BCUT2D eigenvalue weighted by atomic mass is 9.90. The van der Waals surface area contributed by atoms with Crippen LogP contribution in [0, 0.1) is 5.92 Å². The molecule has 1 N–H and O–H groups in total. The van der Waals surface area contributed by atoms with E-state index in [-0.39, 0.29) is 0 Å². The molecule has 1 aliphatic carbocycles. The molecule has 1 atom stereocenters. The first kappa shape index (κ1) is 11.3. The van der Waals surface area contributed by atoms with Gasteiger partial charge in [-0.25, -0.2) is 0 Å². The second kappa shape index (κ2) is 5.82. The molecule has 0 aromatic rings. The maximum absolute atomic E-state index is 3.26. The fourth-order valence-corrected chi connectivity index (χ4v) is 1.92. The monoisotopic (exact) mass is 191 g/mol. The Balaban J connectivity index is 2.95. The molecule has 1 aliphatic rings. The zero-order chi connectivity index (χ0) is 10.4. The summed E-state index contributed by atoms with van der Waals surface area (Å²) >= 11 is 0. The van der Waals surface area contributed by atoms with Crippen molar-refractivity contribution >= 4 is 0 Å². The quantitative estimate of drug-likeness (QED) is 0.723. The van der Waals surface area contributed by atoms with Gasteiger partial charge in [0, 0.05) is 6.54 Å². The van der Waals surface area contributed by atoms with Crippen LogP contribution in [0.5, 0.6) is 0 Å². The molecule has 0 spiro atoms. The molecule has 1 rings (SSSR count). The van der Waals surface area contributed by atoms with Crippen LogP contribution in [0.4, 0.5) is 0 Å². The van der Waals surface area contributed by atoms with Gasteiger partial charge >= 0.3 is 0 Å². The molecule has 1 unspecified atom stereocenters. The molecule has 14 heavy (non-hydrogen) atoms. The highest BCUT2D eigenvalue weighted by atomic mass is 14.8. The number of allylic oxidation sites excluding steroid dienone is 5. The lowest BCUT2D eigenvalue weighted by Gasteiger charge is -2.19. The van der Waals surface area contributed by atoms with E-state index in [0.717, 1.165) is 19.4 Å². The van der Waals surface area contributed by atoms with Gasteiger partial charge in [0.05, 0.1) is 0 Å². The Morgan fingerprint density at radius 2 is 2.21 bits per heavy atom. The van der Waals surface area contributed by atoms with Crippen molar-refractivity contribution in [2.75, 3.05) is 13.6 Å². The molecule has 0 fully saturated rings. The third-order valence-corrected chi connectivity index (χ3v) is 2.79. The number of hydrogen-bond acceptors (Lipinski definition) is 1. The van der Waals surface area contributed by atoms with Crippen molar-refractivity contribution in [1.82, 2.24) is 5.32 Å². The highest BCUT2D eigenvalue weighted by Crippen LogP contribution is 2.23. The number of nitrogens with one attached hydrogen (secondary N) is 1. The first-order valence-electron chi connectivity index (χ1n) is 5.49. The topological polar surface area (TPSA) is 12.0 Å². The van der Waals surface area contributed by atoms with E-state index in [1.165, 1.54) is 5.57 Å². The summed E-state index contributed by atoms with van der Waals surface area (Å²) in [5.74, 6) is 0.665. The minimum Gasteiger partial charge on any atom is -0.316 e. The van der Waals surface area contributed by atoms with Gasteiger partial charge in [-0.15, -0.1) is 0 Å². The fraction of sp³-hybridized carbons (Fsp3) is 0.538. The van der Waals surface area contributed by atoms with E-state index in [4.69, 9.17) is 0 Å². The lowest BCUT2D eigenvalue weighted by molar-refractivity contribution is 0.642. The van der Waals surface area contributed by atoms with Gasteiger partial charge < -0.3 is 5.32 Å². The zero-order valence-corrected chi connectivity index (χ0v) is 9.51. The van der Waals surface area contributed by atoms with E-state index in [0.29, 0.717) is 5.92 Å². The Kier molecular flexibility index (Phi) is 4.68. The Labute approximate surface area is 87.6 Å². The zero-order valence-electron chi connectivity index (χ0n) is 9.51. The molecule has 0 heterocycles. The van der Waals surface area contributed by atoms with Gasteiger partial charge in [0.2, 0.25) is 0 Å². The molecular formula is C13H21N. The lowest BCUT2D eigenvalue weighted by Crippen LogP contribution is -2.17. The summed E-state index contributed by atoms with van der Waals surface area (Å²) in [7, 11) is 2.02. The predicted molar refractivity (Wildman–Crippen MR) is 63.3 cm³/mol. The second-order valence-electron chi connectivity index (χ2n) is 3.86. The third-order valence-electron chi connectivity index (χ3n) is 2.79. The van der Waals surface area contributed by atoms with E-state index in [1.54, 1.807) is 5.57 Å². The summed E-state index contributed by atoms with van der Waals surface area (Å²) in [5.41, 5.74) is 3.06. The Bertz CT molecular complexity index is 258. The first-order valence-corrected chi connectivity index (χ1v) is 5.49. The van der Waals surface area contributed by atoms with Crippen LogP contribution in [-0.4, -0.2) is 13.6 Å². The van der Waals surface area contributed by atoms with Crippen molar-refractivity contribution in [2.24, 2.45) is 5.92 Å². The number of likely N-dealkylation sites (N-methyl/N-ethyl adjacent to an activating group) is 1. The number of rotatable bonds is 3. The summed E-state index contributed by atoms with van der Waals surface area (Å²) in [6, 6.07) is 0. The SMILES string of the molecule is CCC1=C(CNC)C(C)CC=CC=C1. The van der Waals surface area contributed by atoms with Crippen LogP contribution in [0.2, 0.25) is 0 Å². The Morgan fingerprint density at radius 3 is 2.86 bits per heavy atom. The van der Waals surface area contributed by atoms with Crippen molar-refractivity contribution in [2.45, 2.75) is 26.7 Å². The molecule has 0 saturated carbocycles. The van der Waals surface area contributed by atoms with Gasteiger partial charge in [0.1, 0.15) is 0 Å². The van der Waals surface area contributed by atoms with Crippen molar-refractivity contribution < 1.29 is 0 Å². The van der Waals surface area contributed by atoms with E-state index in [1.807, 2.05) is 7.05 Å². The van der Waals surface area contributed by atoms with Crippen LogP contribution in [0.15, 0.2) is 35.5 Å². The standard InChI is InChI=1S/C13H21N/c1-4-12-9-7-5-6-8-11(2)13(12)10-14-3/h5-7,9,11,14H,4,8,10H2,1-3H3. The van der Waals surface area contributed by atoms with Crippen LogP contribution < -0.4 is 5.32 Å². The van der Waals surface area contributed by atoms with Gasteiger partial charge in [0.15, 0.2) is 0 Å². The molecular weight excluding hydrogens is 170 g/mol. The molecule has 0 saturated heterocycles. The summed E-state index contributed by atoms with van der Waals surface area (Å²) in [4.78, 5) is 0. The summed E-state index contributed by atoms with van der Waals surface area (Å²) in [6.07, 6.45) is 11.1. The summed E-state index contributed by atoms with van der Waals surface area (Å²) in [5, 5.41) is 3.26. The molecule has 78 valence electrons. The van der Waals surface area contributed by atoms with E-state index in [9.17, 15) is 0 Å². The highest BCUT2D eigenvalue weighted by Gasteiger charge is 2.11. The summed E-state index contributed by atoms with van der Waals surface area (Å²) in [6.45, 7) is 5.56. The fourth-order valence-electron chi connectivity index (χ4n) is 1.92. The normalized spacial score (nSPS) is 22.4. The van der Waals surface area contributed by atoms with E-state index in [2.05, 4.69) is 43.5 Å². The van der Waals surface area contributed by atoms with Gasteiger partial charge in [-0.05, 0) is 31.4 Å². The maximum Gasteiger partial charge on any atom is 0.0170 e. The van der Waals surface area contributed by atoms with Crippen molar-refractivity contribution in [3.8, 4) is 0 Å². The minimum atomic E-state index is 0.665. The van der Waals surface area contributed by atoms with Crippen molar-refractivity contribution in [3.63, 3.8) is 0 Å². The number of hydrogen-bond donors (Lipinski definition) is 1. The van der Waals surface area contributed by atoms with Crippen LogP contribution in [-0.2, 0) is 0 Å². The van der Waals surface area contributed by atoms with Gasteiger partial charge in [-0.3, -0.25) is 0 Å². The molecule has 0 amide bonds. The smallest absolute Gasteiger partial charge is 0.0170 e. The van der Waals surface area contributed by atoms with E-state index >= 15 is 0 Å². The van der Waals surface area contributed by atoms with Gasteiger partial charge in [-0.2, -0.15) is 0 Å². The van der Waals surface area contributed by atoms with Crippen LogP contribution in [0.25, 0.3) is 0 Å². The van der Waals surface area contributed by atoms with Gasteiger partial charge in [-0.1, -0.05) is 43.7 Å². The van der Waals surface area contributed by atoms with Crippen LogP contribution in [0.1, 0.15) is 26.7 Å². The molecule has 1 nitrogen and oxygen atoms in total. The Morgan fingerprint density at radius 1 is 1.43 bits per heavy atom. The third kappa shape index (κ3) is 2.85. The van der Waals surface area contributed by atoms with Crippen LogP contribution in [0.3, 0.4) is 0 Å². The van der Waals surface area contributed by atoms with Crippen molar-refractivity contribution in [3.05, 3.63) is 35.5 Å². The predicted octanol–water partition coefficient (Wildman–Crippen LogP) is 3.06. The second-order valence-corrected chi connectivity index (χ2v) is 3.86. The Hall–Kier alpha value is -0.820. The molecule has 0 aliphatic heterocycles. The van der Waals surface area contributed by atoms with Gasteiger partial charge in [0.25, 0.3) is 0 Å². The molecule has 0 aromatic heterocycles. The first-order chi connectivity index (χ1) is 6.79.